The minimum atomic E-state index is -0.119. The molecule has 1 aliphatic heterocycles. The standard InChI is InChI=1S/C13H18N6O/c1-13(2)10(4-5-15-13)16-12(20)8-6-9-11(14-7-8)19(3)18-17-9/h6-7,10,15H,4-5H2,1-3H3,(H,16,20). The minimum absolute atomic E-state index is 0.0836. The van der Waals surface area contributed by atoms with E-state index in [4.69, 9.17) is 0 Å². The molecule has 2 aromatic heterocycles. The van der Waals surface area contributed by atoms with Gasteiger partial charge >= 0.3 is 0 Å². The second-order valence-corrected chi connectivity index (χ2v) is 5.74. The highest BCUT2D eigenvalue weighted by Crippen LogP contribution is 2.19. The van der Waals surface area contributed by atoms with Gasteiger partial charge in [0.25, 0.3) is 5.91 Å². The molecule has 1 atom stereocenters. The largest absolute Gasteiger partial charge is 0.347 e. The van der Waals surface area contributed by atoms with Gasteiger partial charge in [0.05, 0.1) is 5.56 Å². The second kappa shape index (κ2) is 4.52. The van der Waals surface area contributed by atoms with Crippen molar-refractivity contribution in [2.24, 2.45) is 7.05 Å². The Kier molecular flexibility index (Phi) is 2.93. The minimum Gasteiger partial charge on any atom is -0.347 e. The molecule has 2 aromatic rings. The van der Waals surface area contributed by atoms with Crippen molar-refractivity contribution in [2.45, 2.75) is 31.8 Å². The summed E-state index contributed by atoms with van der Waals surface area (Å²) >= 11 is 0. The molecule has 0 aromatic carbocycles. The van der Waals surface area contributed by atoms with Crippen molar-refractivity contribution in [3.63, 3.8) is 0 Å². The molecule has 0 bridgehead atoms. The molecular weight excluding hydrogens is 256 g/mol. The molecule has 7 nitrogen and oxygen atoms in total. The predicted molar refractivity (Wildman–Crippen MR) is 74.3 cm³/mol. The molecule has 1 unspecified atom stereocenters. The van der Waals surface area contributed by atoms with E-state index in [1.165, 1.54) is 0 Å². The molecule has 3 rings (SSSR count). The summed E-state index contributed by atoms with van der Waals surface area (Å²) in [5.41, 5.74) is 1.73. The van der Waals surface area contributed by atoms with Crippen molar-refractivity contribution < 1.29 is 4.79 Å². The zero-order valence-electron chi connectivity index (χ0n) is 11.8. The van der Waals surface area contributed by atoms with Crippen molar-refractivity contribution in [1.29, 1.82) is 0 Å². The molecule has 1 amide bonds. The first kappa shape index (κ1) is 13.0. The molecule has 0 radical (unpaired) electrons. The summed E-state index contributed by atoms with van der Waals surface area (Å²) in [6.07, 6.45) is 2.50. The maximum absolute atomic E-state index is 12.3. The lowest BCUT2D eigenvalue weighted by Gasteiger charge is -2.27. The molecule has 0 saturated carbocycles. The third-order valence-corrected chi connectivity index (χ3v) is 3.89. The number of hydrogen-bond acceptors (Lipinski definition) is 5. The number of hydrogen-bond donors (Lipinski definition) is 2. The highest BCUT2D eigenvalue weighted by molar-refractivity contribution is 5.96. The van der Waals surface area contributed by atoms with Crippen LogP contribution in [0.15, 0.2) is 12.3 Å². The number of nitrogens with zero attached hydrogens (tertiary/aromatic N) is 4. The predicted octanol–water partition coefficient (Wildman–Crippen LogP) is 0.234. The summed E-state index contributed by atoms with van der Waals surface area (Å²) in [5, 5.41) is 14.3. The Morgan fingerprint density at radius 2 is 2.35 bits per heavy atom. The SMILES string of the molecule is Cn1nnc2cc(C(=O)NC3CCNC3(C)C)cnc21. The van der Waals surface area contributed by atoms with E-state index in [1.54, 1.807) is 24.0 Å². The van der Waals surface area contributed by atoms with Gasteiger partial charge in [-0.25, -0.2) is 9.67 Å². The van der Waals surface area contributed by atoms with E-state index in [-0.39, 0.29) is 17.5 Å². The van der Waals surface area contributed by atoms with Gasteiger partial charge in [-0.3, -0.25) is 4.79 Å². The lowest BCUT2D eigenvalue weighted by atomic mass is 9.97. The summed E-state index contributed by atoms with van der Waals surface area (Å²) in [5.74, 6) is -0.119. The summed E-state index contributed by atoms with van der Waals surface area (Å²) in [6.45, 7) is 5.10. The summed E-state index contributed by atoms with van der Waals surface area (Å²) in [7, 11) is 1.77. The van der Waals surface area contributed by atoms with E-state index in [1.807, 2.05) is 0 Å². The Bertz CT molecular complexity index is 662. The highest BCUT2D eigenvalue weighted by Gasteiger charge is 2.35. The maximum atomic E-state index is 12.3. The number of carbonyl (C=O) groups excluding carboxylic acids is 1. The molecule has 2 N–H and O–H groups in total. The van der Waals surface area contributed by atoms with Gasteiger partial charge < -0.3 is 10.6 Å². The number of aromatic nitrogens is 4. The molecule has 0 spiro atoms. The number of rotatable bonds is 2. The molecule has 3 heterocycles. The van der Waals surface area contributed by atoms with Crippen LogP contribution in [0.25, 0.3) is 11.2 Å². The van der Waals surface area contributed by atoms with Crippen LogP contribution in [0.3, 0.4) is 0 Å². The maximum Gasteiger partial charge on any atom is 0.253 e. The molecule has 7 heteroatoms. The van der Waals surface area contributed by atoms with Gasteiger partial charge in [-0.2, -0.15) is 0 Å². The first-order valence-electron chi connectivity index (χ1n) is 6.69. The number of carbonyl (C=O) groups is 1. The summed E-state index contributed by atoms with van der Waals surface area (Å²) < 4.78 is 1.58. The van der Waals surface area contributed by atoms with Crippen LogP contribution in [-0.4, -0.2) is 44.0 Å². The third kappa shape index (κ3) is 2.14. The molecule has 1 saturated heterocycles. The Morgan fingerprint density at radius 3 is 3.05 bits per heavy atom. The zero-order chi connectivity index (χ0) is 14.3. The fourth-order valence-corrected chi connectivity index (χ4v) is 2.57. The number of amides is 1. The van der Waals surface area contributed by atoms with Crippen LogP contribution in [0, 0.1) is 0 Å². The van der Waals surface area contributed by atoms with Gasteiger partial charge in [-0.15, -0.1) is 5.10 Å². The first-order valence-corrected chi connectivity index (χ1v) is 6.69. The van der Waals surface area contributed by atoms with E-state index in [2.05, 4.69) is 39.8 Å². The molecule has 1 fully saturated rings. The lowest BCUT2D eigenvalue weighted by Crippen LogP contribution is -2.50. The summed E-state index contributed by atoms with van der Waals surface area (Å²) in [4.78, 5) is 16.5. The Balaban J connectivity index is 1.82. The van der Waals surface area contributed by atoms with E-state index < -0.39 is 0 Å². The second-order valence-electron chi connectivity index (χ2n) is 5.74. The fourth-order valence-electron chi connectivity index (χ4n) is 2.57. The summed E-state index contributed by atoms with van der Waals surface area (Å²) in [6, 6.07) is 1.84. The van der Waals surface area contributed by atoms with Crippen LogP contribution in [0.4, 0.5) is 0 Å². The Labute approximate surface area is 116 Å². The van der Waals surface area contributed by atoms with Crippen LogP contribution >= 0.6 is 0 Å². The third-order valence-electron chi connectivity index (χ3n) is 3.89. The monoisotopic (exact) mass is 274 g/mol. The molecule has 20 heavy (non-hydrogen) atoms. The quantitative estimate of drug-likeness (QED) is 0.819. The van der Waals surface area contributed by atoms with Gasteiger partial charge in [0, 0.05) is 24.8 Å². The normalized spacial score (nSPS) is 21.2. The number of aryl methyl sites for hydroxylation is 1. The Hall–Kier alpha value is -2.02. The molecular formula is C13H18N6O. The van der Waals surface area contributed by atoms with E-state index >= 15 is 0 Å². The fraction of sp³-hybridized carbons (Fsp3) is 0.538. The first-order chi connectivity index (χ1) is 9.47. The zero-order valence-corrected chi connectivity index (χ0v) is 11.8. The average molecular weight is 274 g/mol. The highest BCUT2D eigenvalue weighted by atomic mass is 16.1. The topological polar surface area (TPSA) is 84.7 Å². The van der Waals surface area contributed by atoms with Gasteiger partial charge in [-0.1, -0.05) is 5.21 Å². The van der Waals surface area contributed by atoms with Gasteiger partial charge in [0.1, 0.15) is 5.52 Å². The van der Waals surface area contributed by atoms with Gasteiger partial charge in [0.15, 0.2) is 5.65 Å². The van der Waals surface area contributed by atoms with Crippen LogP contribution in [0.2, 0.25) is 0 Å². The van der Waals surface area contributed by atoms with Crippen molar-refractivity contribution in [3.05, 3.63) is 17.8 Å². The molecule has 0 aliphatic carbocycles. The van der Waals surface area contributed by atoms with Crippen molar-refractivity contribution in [1.82, 2.24) is 30.6 Å². The van der Waals surface area contributed by atoms with Crippen LogP contribution in [-0.2, 0) is 7.05 Å². The lowest BCUT2D eigenvalue weighted by molar-refractivity contribution is 0.0923. The van der Waals surface area contributed by atoms with E-state index in [0.717, 1.165) is 13.0 Å². The van der Waals surface area contributed by atoms with Gasteiger partial charge in [-0.05, 0) is 32.9 Å². The Morgan fingerprint density at radius 1 is 1.55 bits per heavy atom. The number of nitrogens with one attached hydrogen (secondary N) is 2. The molecule has 1 aliphatic rings. The van der Waals surface area contributed by atoms with Crippen LogP contribution < -0.4 is 10.6 Å². The smallest absolute Gasteiger partial charge is 0.253 e. The van der Waals surface area contributed by atoms with Crippen molar-refractivity contribution in [3.8, 4) is 0 Å². The van der Waals surface area contributed by atoms with Crippen molar-refractivity contribution >= 4 is 17.1 Å². The van der Waals surface area contributed by atoms with E-state index in [0.29, 0.717) is 16.7 Å². The van der Waals surface area contributed by atoms with E-state index in [9.17, 15) is 4.79 Å². The molecule has 106 valence electrons. The number of pyridine rings is 1. The number of fused-ring (bicyclic) bond motifs is 1. The van der Waals surface area contributed by atoms with Crippen LogP contribution in [0.1, 0.15) is 30.6 Å². The van der Waals surface area contributed by atoms with Crippen molar-refractivity contribution in [2.75, 3.05) is 6.54 Å². The van der Waals surface area contributed by atoms with Gasteiger partial charge in [0.2, 0.25) is 0 Å². The van der Waals surface area contributed by atoms with Crippen LogP contribution in [0.5, 0.6) is 0 Å². The average Bonchev–Trinajstić information content (AvgIpc) is 2.93.